The van der Waals surface area contributed by atoms with Gasteiger partial charge in [0.25, 0.3) is 0 Å². The van der Waals surface area contributed by atoms with Crippen LogP contribution in [0.4, 0.5) is 5.69 Å². The molecule has 2 N–H and O–H groups in total. The molecule has 1 aromatic carbocycles. The number of nitrogens with one attached hydrogen (secondary N) is 2. The summed E-state index contributed by atoms with van der Waals surface area (Å²) < 4.78 is 0. The van der Waals surface area contributed by atoms with Crippen LogP contribution in [0.1, 0.15) is 26.7 Å². The summed E-state index contributed by atoms with van der Waals surface area (Å²) >= 11 is 5.98. The van der Waals surface area contributed by atoms with E-state index in [1.54, 1.807) is 36.2 Å². The molecule has 0 aromatic heterocycles. The third kappa shape index (κ3) is 4.95. The van der Waals surface area contributed by atoms with E-state index in [1.165, 1.54) is 0 Å². The first-order chi connectivity index (χ1) is 11.8. The Morgan fingerprint density at radius 3 is 2.68 bits per heavy atom. The number of anilines is 1. The predicted molar refractivity (Wildman–Crippen MR) is 97.4 cm³/mol. The second-order valence-electron chi connectivity index (χ2n) is 6.69. The minimum absolute atomic E-state index is 0.122. The number of likely N-dealkylation sites (N-methyl/N-ethyl adjacent to an activating group) is 1. The van der Waals surface area contributed by atoms with Crippen molar-refractivity contribution in [3.05, 3.63) is 29.3 Å². The van der Waals surface area contributed by atoms with Crippen molar-refractivity contribution in [3.8, 4) is 0 Å². The number of carbonyl (C=O) groups excluding carboxylic acids is 3. The van der Waals surface area contributed by atoms with E-state index >= 15 is 0 Å². The van der Waals surface area contributed by atoms with Crippen LogP contribution in [0.15, 0.2) is 24.3 Å². The second kappa shape index (κ2) is 8.34. The van der Waals surface area contributed by atoms with Gasteiger partial charge in [0.1, 0.15) is 6.04 Å². The first kappa shape index (κ1) is 19.2. The molecule has 7 heteroatoms. The molecule has 136 valence electrons. The van der Waals surface area contributed by atoms with Gasteiger partial charge in [-0.25, -0.2) is 0 Å². The Bertz CT molecular complexity index is 663. The van der Waals surface area contributed by atoms with Gasteiger partial charge in [-0.05, 0) is 30.5 Å². The molecule has 0 saturated carbocycles. The summed E-state index contributed by atoms with van der Waals surface area (Å²) in [6.07, 6.45) is 0.671. The molecule has 0 aliphatic carbocycles. The maximum atomic E-state index is 12.6. The molecule has 3 amide bonds. The Labute approximate surface area is 152 Å². The van der Waals surface area contributed by atoms with Gasteiger partial charge in [-0.15, -0.1) is 0 Å². The summed E-state index contributed by atoms with van der Waals surface area (Å²) in [7, 11) is 1.54. The Morgan fingerprint density at radius 1 is 1.36 bits per heavy atom. The standard InChI is InChI=1S/C18H24ClN3O3/c1-11(2)7-15(18(25)20-3)21-17(24)12-8-16(23)22(10-12)14-6-4-5-13(19)9-14/h4-6,9,11-12,15H,7-8,10H2,1-3H3,(H,20,25)(H,21,24). The molecule has 1 aromatic rings. The average Bonchev–Trinajstić information content (AvgIpc) is 2.95. The number of carbonyl (C=O) groups is 3. The van der Waals surface area contributed by atoms with Crippen molar-refractivity contribution < 1.29 is 14.4 Å². The highest BCUT2D eigenvalue weighted by atomic mass is 35.5. The smallest absolute Gasteiger partial charge is 0.242 e. The predicted octanol–water partition coefficient (Wildman–Crippen LogP) is 1.97. The Hall–Kier alpha value is -2.08. The maximum Gasteiger partial charge on any atom is 0.242 e. The SMILES string of the molecule is CNC(=O)C(CC(C)C)NC(=O)C1CC(=O)N(c2cccc(Cl)c2)C1. The number of amides is 3. The fourth-order valence-corrected chi connectivity index (χ4v) is 3.13. The molecule has 25 heavy (non-hydrogen) atoms. The molecule has 2 atom stereocenters. The van der Waals surface area contributed by atoms with E-state index < -0.39 is 12.0 Å². The van der Waals surface area contributed by atoms with E-state index in [4.69, 9.17) is 11.6 Å². The number of hydrogen-bond acceptors (Lipinski definition) is 3. The lowest BCUT2D eigenvalue weighted by molar-refractivity contribution is -0.131. The zero-order valence-electron chi connectivity index (χ0n) is 14.7. The molecule has 1 aliphatic rings. The van der Waals surface area contributed by atoms with Crippen molar-refractivity contribution >= 4 is 35.0 Å². The van der Waals surface area contributed by atoms with Gasteiger partial charge in [-0.1, -0.05) is 31.5 Å². The van der Waals surface area contributed by atoms with Crippen LogP contribution in [0.3, 0.4) is 0 Å². The van der Waals surface area contributed by atoms with Gasteiger partial charge in [0, 0.05) is 30.7 Å². The molecule has 0 bridgehead atoms. The molecule has 6 nitrogen and oxygen atoms in total. The Balaban J connectivity index is 2.05. The zero-order chi connectivity index (χ0) is 18.6. The average molecular weight is 366 g/mol. The summed E-state index contributed by atoms with van der Waals surface area (Å²) in [5.74, 6) is -0.838. The lowest BCUT2D eigenvalue weighted by Crippen LogP contribution is -2.48. The topological polar surface area (TPSA) is 78.5 Å². The lowest BCUT2D eigenvalue weighted by Gasteiger charge is -2.21. The summed E-state index contributed by atoms with van der Waals surface area (Å²) in [6.45, 7) is 4.26. The number of benzene rings is 1. The zero-order valence-corrected chi connectivity index (χ0v) is 15.5. The second-order valence-corrected chi connectivity index (χ2v) is 7.13. The van der Waals surface area contributed by atoms with Crippen LogP contribution in [-0.4, -0.2) is 37.4 Å². The fraction of sp³-hybridized carbons (Fsp3) is 0.500. The number of hydrogen-bond donors (Lipinski definition) is 2. The van der Waals surface area contributed by atoms with Gasteiger partial charge in [0.15, 0.2) is 0 Å². The highest BCUT2D eigenvalue weighted by molar-refractivity contribution is 6.31. The van der Waals surface area contributed by atoms with Gasteiger partial charge in [-0.2, -0.15) is 0 Å². The van der Waals surface area contributed by atoms with Gasteiger partial charge >= 0.3 is 0 Å². The summed E-state index contributed by atoms with van der Waals surface area (Å²) in [5, 5.41) is 5.90. The molecular formula is C18H24ClN3O3. The van der Waals surface area contributed by atoms with Crippen molar-refractivity contribution in [1.29, 1.82) is 0 Å². The summed E-state index contributed by atoms with van der Waals surface area (Å²) in [6, 6.07) is 6.40. The van der Waals surface area contributed by atoms with Crippen LogP contribution in [0.25, 0.3) is 0 Å². The van der Waals surface area contributed by atoms with Gasteiger partial charge in [-0.3, -0.25) is 14.4 Å². The molecule has 1 aliphatic heterocycles. The summed E-state index contributed by atoms with van der Waals surface area (Å²) in [4.78, 5) is 38.4. The Morgan fingerprint density at radius 2 is 2.08 bits per heavy atom. The largest absolute Gasteiger partial charge is 0.357 e. The molecule has 0 radical (unpaired) electrons. The number of halogens is 1. The fourth-order valence-electron chi connectivity index (χ4n) is 2.94. The molecule has 1 heterocycles. The summed E-state index contributed by atoms with van der Waals surface area (Å²) in [5.41, 5.74) is 0.679. The highest BCUT2D eigenvalue weighted by Crippen LogP contribution is 2.27. The van der Waals surface area contributed by atoms with Crippen LogP contribution in [0.2, 0.25) is 5.02 Å². The minimum atomic E-state index is -0.590. The number of nitrogens with zero attached hydrogens (tertiary/aromatic N) is 1. The van der Waals surface area contributed by atoms with Crippen LogP contribution in [0, 0.1) is 11.8 Å². The third-order valence-corrected chi connectivity index (χ3v) is 4.44. The molecule has 1 saturated heterocycles. The van der Waals surface area contributed by atoms with Crippen molar-refractivity contribution in [3.63, 3.8) is 0 Å². The third-order valence-electron chi connectivity index (χ3n) is 4.20. The van der Waals surface area contributed by atoms with Crippen LogP contribution < -0.4 is 15.5 Å². The minimum Gasteiger partial charge on any atom is -0.357 e. The van der Waals surface area contributed by atoms with Crippen molar-refractivity contribution in [2.75, 3.05) is 18.5 Å². The van der Waals surface area contributed by atoms with Crippen LogP contribution >= 0.6 is 11.6 Å². The molecule has 1 fully saturated rings. The van der Waals surface area contributed by atoms with E-state index in [9.17, 15) is 14.4 Å². The van der Waals surface area contributed by atoms with Gasteiger partial charge < -0.3 is 15.5 Å². The first-order valence-electron chi connectivity index (χ1n) is 8.39. The lowest BCUT2D eigenvalue weighted by atomic mass is 10.0. The molecular weight excluding hydrogens is 342 g/mol. The van der Waals surface area contributed by atoms with Crippen molar-refractivity contribution in [2.45, 2.75) is 32.7 Å². The van der Waals surface area contributed by atoms with Gasteiger partial charge in [0.2, 0.25) is 17.7 Å². The monoisotopic (exact) mass is 365 g/mol. The highest BCUT2D eigenvalue weighted by Gasteiger charge is 2.36. The number of rotatable bonds is 6. The first-order valence-corrected chi connectivity index (χ1v) is 8.77. The Kier molecular flexibility index (Phi) is 6.42. The van der Waals surface area contributed by atoms with E-state index in [1.807, 2.05) is 13.8 Å². The normalized spacial score (nSPS) is 18.4. The van der Waals surface area contributed by atoms with E-state index in [0.29, 0.717) is 17.1 Å². The van der Waals surface area contributed by atoms with E-state index in [2.05, 4.69) is 10.6 Å². The molecule has 2 unspecified atom stereocenters. The van der Waals surface area contributed by atoms with Crippen LogP contribution in [-0.2, 0) is 14.4 Å². The molecule has 0 spiro atoms. The maximum absolute atomic E-state index is 12.6. The van der Waals surface area contributed by atoms with E-state index in [0.717, 1.165) is 0 Å². The van der Waals surface area contributed by atoms with Crippen molar-refractivity contribution in [1.82, 2.24) is 10.6 Å². The van der Waals surface area contributed by atoms with Gasteiger partial charge in [0.05, 0.1) is 5.92 Å². The van der Waals surface area contributed by atoms with Crippen LogP contribution in [0.5, 0.6) is 0 Å². The molecule has 2 rings (SSSR count). The van der Waals surface area contributed by atoms with Crippen molar-refractivity contribution in [2.24, 2.45) is 11.8 Å². The van der Waals surface area contributed by atoms with E-state index in [-0.39, 0.29) is 36.6 Å². The quantitative estimate of drug-likeness (QED) is 0.809.